The average Bonchev–Trinajstić information content (AvgIpc) is 2.95. The molecule has 0 bridgehead atoms. The van der Waals surface area contributed by atoms with Crippen molar-refractivity contribution in [2.45, 2.75) is 56.5 Å². The summed E-state index contributed by atoms with van der Waals surface area (Å²) in [6.45, 7) is 4.95. The Morgan fingerprint density at radius 2 is 1.96 bits per heavy atom. The Hall–Kier alpha value is -1.51. The summed E-state index contributed by atoms with van der Waals surface area (Å²) in [4.78, 5) is 0. The molecule has 0 saturated heterocycles. The first kappa shape index (κ1) is 17.8. The molecule has 1 unspecified atom stereocenters. The van der Waals surface area contributed by atoms with Crippen molar-refractivity contribution in [3.63, 3.8) is 0 Å². The summed E-state index contributed by atoms with van der Waals surface area (Å²) >= 11 is 7.42. The molecule has 6 heteroatoms. The summed E-state index contributed by atoms with van der Waals surface area (Å²) < 4.78 is 2.12. The fourth-order valence-corrected chi connectivity index (χ4v) is 3.16. The van der Waals surface area contributed by atoms with Gasteiger partial charge in [0.25, 0.3) is 0 Å². The summed E-state index contributed by atoms with van der Waals surface area (Å²) in [5.41, 5.74) is 0.994. The molecule has 2 rings (SSSR count). The lowest BCUT2D eigenvalue weighted by Crippen LogP contribution is -2.04. The van der Waals surface area contributed by atoms with Crippen molar-refractivity contribution in [1.29, 1.82) is 5.26 Å². The predicted molar refractivity (Wildman–Crippen MR) is 95.5 cm³/mol. The van der Waals surface area contributed by atoms with E-state index in [1.165, 1.54) is 31.0 Å². The molecule has 0 fully saturated rings. The van der Waals surface area contributed by atoms with Gasteiger partial charge in [0.1, 0.15) is 0 Å². The Kier molecular flexibility index (Phi) is 6.94. The zero-order valence-corrected chi connectivity index (χ0v) is 15.1. The maximum atomic E-state index is 9.04. The van der Waals surface area contributed by atoms with Gasteiger partial charge in [-0.2, -0.15) is 5.26 Å². The number of aromatic nitrogens is 3. The molecule has 0 aliphatic heterocycles. The minimum atomic E-state index is -0.147. The van der Waals surface area contributed by atoms with Crippen LogP contribution in [0.2, 0.25) is 5.02 Å². The Morgan fingerprint density at radius 1 is 1.22 bits per heavy atom. The number of hydrogen-bond donors (Lipinski definition) is 0. The second kappa shape index (κ2) is 8.95. The van der Waals surface area contributed by atoms with Crippen molar-refractivity contribution in [2.75, 3.05) is 0 Å². The summed E-state index contributed by atoms with van der Waals surface area (Å²) in [6, 6.07) is 9.87. The molecule has 4 nitrogen and oxygen atoms in total. The number of benzene rings is 1. The van der Waals surface area contributed by atoms with E-state index >= 15 is 0 Å². The maximum Gasteiger partial charge on any atom is 0.192 e. The Morgan fingerprint density at radius 3 is 2.61 bits per heavy atom. The van der Waals surface area contributed by atoms with Crippen LogP contribution in [0.4, 0.5) is 0 Å². The van der Waals surface area contributed by atoms with Gasteiger partial charge >= 0.3 is 0 Å². The largest absolute Gasteiger partial charge is 0.302 e. The lowest BCUT2D eigenvalue weighted by molar-refractivity contribution is 0.556. The molecule has 0 radical (unpaired) electrons. The van der Waals surface area contributed by atoms with E-state index in [1.54, 1.807) is 0 Å². The third kappa shape index (κ3) is 4.98. The first-order valence-electron chi connectivity index (χ1n) is 7.91. The lowest BCUT2D eigenvalue weighted by Gasteiger charge is -2.10. The van der Waals surface area contributed by atoms with Crippen molar-refractivity contribution in [2.24, 2.45) is 0 Å². The molecule has 0 aliphatic rings. The summed E-state index contributed by atoms with van der Waals surface area (Å²) in [7, 11) is 0. The van der Waals surface area contributed by atoms with Crippen molar-refractivity contribution in [3.8, 4) is 17.5 Å². The third-order valence-corrected chi connectivity index (χ3v) is 4.74. The summed E-state index contributed by atoms with van der Waals surface area (Å²) in [5, 5.41) is 19.0. The van der Waals surface area contributed by atoms with Gasteiger partial charge in [0.15, 0.2) is 11.0 Å². The number of thioether (sulfide) groups is 1. The van der Waals surface area contributed by atoms with Gasteiger partial charge in [-0.25, -0.2) is 0 Å². The number of nitriles is 1. The molecular formula is C17H21ClN4S. The normalized spacial score (nSPS) is 12.1. The highest BCUT2D eigenvalue weighted by Crippen LogP contribution is 2.27. The first-order valence-corrected chi connectivity index (χ1v) is 9.17. The zero-order valence-electron chi connectivity index (χ0n) is 13.5. The van der Waals surface area contributed by atoms with Crippen LogP contribution in [0.5, 0.6) is 0 Å². The first-order chi connectivity index (χ1) is 11.2. The molecule has 0 aliphatic carbocycles. The fourth-order valence-electron chi connectivity index (χ4n) is 2.27. The minimum Gasteiger partial charge on any atom is -0.302 e. The van der Waals surface area contributed by atoms with Gasteiger partial charge in [-0.15, -0.1) is 10.2 Å². The molecule has 0 amide bonds. The van der Waals surface area contributed by atoms with Crippen LogP contribution in [0, 0.1) is 11.3 Å². The van der Waals surface area contributed by atoms with Crippen LogP contribution in [0.1, 0.15) is 39.5 Å². The second-order valence-corrected chi connectivity index (χ2v) is 7.16. The number of hydrogen-bond acceptors (Lipinski definition) is 4. The van der Waals surface area contributed by atoms with E-state index in [2.05, 4.69) is 27.8 Å². The minimum absolute atomic E-state index is 0.147. The highest BCUT2D eigenvalue weighted by atomic mass is 35.5. The third-order valence-electron chi connectivity index (χ3n) is 3.52. The molecule has 1 aromatic heterocycles. The molecule has 23 heavy (non-hydrogen) atoms. The van der Waals surface area contributed by atoms with Crippen LogP contribution < -0.4 is 0 Å². The lowest BCUT2D eigenvalue weighted by atomic mass is 10.2. The molecule has 0 spiro atoms. The van der Waals surface area contributed by atoms with Gasteiger partial charge in [-0.3, -0.25) is 0 Å². The van der Waals surface area contributed by atoms with E-state index in [-0.39, 0.29) is 5.25 Å². The number of rotatable bonds is 8. The van der Waals surface area contributed by atoms with E-state index in [0.717, 1.165) is 29.5 Å². The molecule has 2 aromatic rings. The van der Waals surface area contributed by atoms with Crippen LogP contribution in [0.15, 0.2) is 29.4 Å². The fraction of sp³-hybridized carbons (Fsp3) is 0.471. The van der Waals surface area contributed by atoms with Crippen LogP contribution in [-0.2, 0) is 6.54 Å². The number of nitrogens with zero attached hydrogens (tertiary/aromatic N) is 4. The molecule has 1 aromatic carbocycles. The van der Waals surface area contributed by atoms with E-state index in [0.29, 0.717) is 5.02 Å². The molecule has 0 N–H and O–H groups in total. The van der Waals surface area contributed by atoms with Crippen molar-refractivity contribution in [1.82, 2.24) is 14.8 Å². The van der Waals surface area contributed by atoms with Gasteiger partial charge in [0.2, 0.25) is 0 Å². The highest BCUT2D eigenvalue weighted by Gasteiger charge is 2.16. The summed E-state index contributed by atoms with van der Waals surface area (Å²) in [6.07, 6.45) is 4.71. The standard InChI is InChI=1S/C17H21ClN4S/c1-3-4-5-6-11-22-16(14-7-9-15(18)10-8-14)20-21-17(22)23-13(2)12-19/h7-10,13H,3-6,11H2,1-2H3. The van der Waals surface area contributed by atoms with Gasteiger partial charge in [-0.1, -0.05) is 49.5 Å². The molecule has 1 heterocycles. The highest BCUT2D eigenvalue weighted by molar-refractivity contribution is 8.00. The topological polar surface area (TPSA) is 54.5 Å². The van der Waals surface area contributed by atoms with Crippen LogP contribution in [-0.4, -0.2) is 20.0 Å². The summed E-state index contributed by atoms with van der Waals surface area (Å²) in [5.74, 6) is 0.839. The quantitative estimate of drug-likeness (QED) is 0.487. The van der Waals surface area contributed by atoms with E-state index in [9.17, 15) is 0 Å². The SMILES string of the molecule is CCCCCCn1c(SC(C)C#N)nnc1-c1ccc(Cl)cc1. The second-order valence-electron chi connectivity index (χ2n) is 5.41. The zero-order chi connectivity index (χ0) is 16.7. The number of halogens is 1. The van der Waals surface area contributed by atoms with Crippen molar-refractivity contribution in [3.05, 3.63) is 29.3 Å². The van der Waals surface area contributed by atoms with Gasteiger partial charge in [-0.05, 0) is 37.6 Å². The Balaban J connectivity index is 2.26. The van der Waals surface area contributed by atoms with Crippen molar-refractivity contribution < 1.29 is 0 Å². The number of unbranched alkanes of at least 4 members (excludes halogenated alkanes) is 3. The molecular weight excluding hydrogens is 328 g/mol. The van der Waals surface area contributed by atoms with Crippen molar-refractivity contribution >= 4 is 23.4 Å². The smallest absolute Gasteiger partial charge is 0.192 e. The predicted octanol–water partition coefficient (Wildman–Crippen LogP) is 5.18. The van der Waals surface area contributed by atoms with E-state index in [4.69, 9.17) is 16.9 Å². The molecule has 122 valence electrons. The monoisotopic (exact) mass is 348 g/mol. The van der Waals surface area contributed by atoms with E-state index < -0.39 is 0 Å². The molecule has 1 atom stereocenters. The average molecular weight is 349 g/mol. The molecule has 0 saturated carbocycles. The van der Waals surface area contributed by atoms with Gasteiger partial charge < -0.3 is 4.57 Å². The van der Waals surface area contributed by atoms with Crippen LogP contribution in [0.3, 0.4) is 0 Å². The van der Waals surface area contributed by atoms with Gasteiger partial charge in [0.05, 0.1) is 11.3 Å². The van der Waals surface area contributed by atoms with Crippen LogP contribution >= 0.6 is 23.4 Å². The van der Waals surface area contributed by atoms with Crippen LogP contribution in [0.25, 0.3) is 11.4 Å². The van der Waals surface area contributed by atoms with E-state index in [1.807, 2.05) is 31.2 Å². The Bertz CT molecular complexity index is 660. The maximum absolute atomic E-state index is 9.04. The van der Waals surface area contributed by atoms with Gasteiger partial charge in [0, 0.05) is 17.1 Å². The Labute approximate surface area is 146 Å².